The lowest BCUT2D eigenvalue weighted by Gasteiger charge is -2.49. The molecule has 3 N–H and O–H groups in total. The summed E-state index contributed by atoms with van der Waals surface area (Å²) in [5.41, 5.74) is -4.72. The molecule has 0 heterocycles. The van der Waals surface area contributed by atoms with E-state index in [4.69, 9.17) is 9.47 Å². The van der Waals surface area contributed by atoms with Crippen LogP contribution in [0, 0.1) is 28.6 Å². The number of rotatable bonds is 11. The standard InChI is InChI=1S/C32H48O8/c1-7-8-9-10-11-12-13-14-24(35)40-31-17-20(3)30-16-19(2)28(39-21(4)34)32(30,38)26(36)22(18-33)15-23(27(30)37)25(31)29(31,5)6/h15-16,20,23,25-26,28,33,36,38H,7-14,17-18H2,1-6H3/t20-,23+,25-,26-,28+,30+,31+,32+/m1/s1. The van der Waals surface area contributed by atoms with Crippen molar-refractivity contribution in [2.45, 2.75) is 123 Å². The van der Waals surface area contributed by atoms with Gasteiger partial charge in [-0.1, -0.05) is 78.4 Å². The summed E-state index contributed by atoms with van der Waals surface area (Å²) in [6, 6.07) is 0. The van der Waals surface area contributed by atoms with Crippen LogP contribution in [0.3, 0.4) is 0 Å². The Morgan fingerprint density at radius 1 is 1.10 bits per heavy atom. The molecule has 0 aliphatic heterocycles. The minimum atomic E-state index is -2.22. The molecular formula is C32H48O8. The van der Waals surface area contributed by atoms with Gasteiger partial charge in [-0.2, -0.15) is 0 Å². The Balaban J connectivity index is 1.67. The molecule has 0 unspecified atom stereocenters. The lowest BCUT2D eigenvalue weighted by Crippen LogP contribution is -2.66. The van der Waals surface area contributed by atoms with Gasteiger partial charge in [0, 0.05) is 30.6 Å². The van der Waals surface area contributed by atoms with Crippen LogP contribution in [0.25, 0.3) is 0 Å². The Labute approximate surface area is 238 Å². The molecule has 40 heavy (non-hydrogen) atoms. The molecule has 0 radical (unpaired) electrons. The number of hydrogen-bond donors (Lipinski definition) is 3. The van der Waals surface area contributed by atoms with Crippen molar-refractivity contribution in [2.24, 2.45) is 28.6 Å². The predicted molar refractivity (Wildman–Crippen MR) is 149 cm³/mol. The molecule has 8 heteroatoms. The van der Waals surface area contributed by atoms with E-state index in [0.29, 0.717) is 18.4 Å². The number of carbonyl (C=O) groups excluding carboxylic acids is 3. The number of hydrogen-bond acceptors (Lipinski definition) is 8. The summed E-state index contributed by atoms with van der Waals surface area (Å²) < 4.78 is 11.8. The Hall–Kier alpha value is -2.03. The van der Waals surface area contributed by atoms with Gasteiger partial charge in [-0.3, -0.25) is 14.4 Å². The summed E-state index contributed by atoms with van der Waals surface area (Å²) in [6.07, 6.45) is 8.55. The molecule has 224 valence electrons. The molecule has 0 aromatic carbocycles. The van der Waals surface area contributed by atoms with Crippen LogP contribution in [0.4, 0.5) is 0 Å². The highest BCUT2D eigenvalue weighted by Crippen LogP contribution is 2.75. The molecule has 0 saturated heterocycles. The van der Waals surface area contributed by atoms with Crippen molar-refractivity contribution >= 4 is 17.7 Å². The Morgan fingerprint density at radius 3 is 2.33 bits per heavy atom. The molecule has 2 bridgehead atoms. The topological polar surface area (TPSA) is 130 Å². The fraction of sp³-hybridized carbons (Fsp3) is 0.781. The van der Waals surface area contributed by atoms with Crippen molar-refractivity contribution in [2.75, 3.05) is 6.61 Å². The summed E-state index contributed by atoms with van der Waals surface area (Å²) in [7, 11) is 0. The number of carbonyl (C=O) groups is 3. The molecule has 0 aromatic heterocycles. The number of Topliss-reactive ketones (excluding diaryl/α,β-unsaturated/α-hetero) is 1. The first-order valence-corrected chi connectivity index (χ1v) is 15.1. The van der Waals surface area contributed by atoms with Crippen molar-refractivity contribution in [1.82, 2.24) is 0 Å². The fourth-order valence-electron chi connectivity index (χ4n) is 8.54. The van der Waals surface area contributed by atoms with E-state index < -0.39 is 58.7 Å². The van der Waals surface area contributed by atoms with E-state index in [0.717, 1.165) is 19.3 Å². The number of aliphatic hydroxyl groups is 3. The molecule has 2 fully saturated rings. The van der Waals surface area contributed by atoms with E-state index in [-0.39, 0.29) is 23.2 Å². The molecule has 1 spiro atoms. The smallest absolute Gasteiger partial charge is 0.306 e. The van der Waals surface area contributed by atoms with E-state index in [2.05, 4.69) is 6.92 Å². The Bertz CT molecular complexity index is 1090. The normalized spacial score (nSPS) is 39.2. The van der Waals surface area contributed by atoms with Gasteiger partial charge in [0.1, 0.15) is 11.7 Å². The first-order chi connectivity index (χ1) is 18.8. The summed E-state index contributed by atoms with van der Waals surface area (Å²) in [4.78, 5) is 39.8. The van der Waals surface area contributed by atoms with Crippen LogP contribution in [-0.2, 0) is 23.9 Å². The van der Waals surface area contributed by atoms with E-state index in [1.165, 1.54) is 32.6 Å². The number of fused-ring (bicyclic) bond motifs is 3. The average Bonchev–Trinajstić information content (AvgIpc) is 3.28. The van der Waals surface area contributed by atoms with Crippen LogP contribution in [0.5, 0.6) is 0 Å². The van der Waals surface area contributed by atoms with Gasteiger partial charge >= 0.3 is 11.9 Å². The second-order valence-electron chi connectivity index (χ2n) is 13.3. The summed E-state index contributed by atoms with van der Waals surface area (Å²) in [5, 5.41) is 34.2. The SMILES string of the molecule is CCCCCCCCCC(=O)O[C@@]12C[C@@H](C)[C@]34C=C(C)[C@H](OC(C)=O)[C@@]3(O)[C@H](O)C(CO)=C[C@H](C4=O)[C@@H]1C2(C)C. The van der Waals surface area contributed by atoms with E-state index in [1.807, 2.05) is 20.8 Å². The minimum absolute atomic E-state index is 0.100. The molecule has 4 aliphatic carbocycles. The molecule has 8 atom stereocenters. The number of aliphatic hydroxyl groups excluding tert-OH is 2. The lowest BCUT2D eigenvalue weighted by atomic mass is 9.59. The molecule has 0 aromatic rings. The van der Waals surface area contributed by atoms with Crippen LogP contribution in [0.15, 0.2) is 23.3 Å². The number of esters is 2. The highest BCUT2D eigenvalue weighted by molar-refractivity contribution is 5.96. The molecule has 4 rings (SSSR count). The maximum atomic E-state index is 14.6. The third-order valence-corrected chi connectivity index (χ3v) is 10.6. The summed E-state index contributed by atoms with van der Waals surface area (Å²) >= 11 is 0. The van der Waals surface area contributed by atoms with Crippen LogP contribution < -0.4 is 0 Å². The van der Waals surface area contributed by atoms with Crippen LogP contribution in [0.1, 0.15) is 99.3 Å². The average molecular weight is 561 g/mol. The van der Waals surface area contributed by atoms with E-state index >= 15 is 0 Å². The first-order valence-electron chi connectivity index (χ1n) is 15.1. The van der Waals surface area contributed by atoms with Crippen molar-refractivity contribution in [3.63, 3.8) is 0 Å². The van der Waals surface area contributed by atoms with Crippen molar-refractivity contribution in [1.29, 1.82) is 0 Å². The number of allylic oxidation sites excluding steroid dienone is 1. The maximum absolute atomic E-state index is 14.6. The highest BCUT2D eigenvalue weighted by Gasteiger charge is 2.83. The first kappa shape index (κ1) is 30.9. The van der Waals surface area contributed by atoms with Gasteiger partial charge in [-0.15, -0.1) is 0 Å². The Kier molecular flexibility index (Phi) is 8.50. The molecule has 8 nitrogen and oxygen atoms in total. The van der Waals surface area contributed by atoms with Gasteiger partial charge in [0.05, 0.1) is 12.0 Å². The van der Waals surface area contributed by atoms with Gasteiger partial charge < -0.3 is 24.8 Å². The zero-order chi connectivity index (χ0) is 29.7. The fourth-order valence-corrected chi connectivity index (χ4v) is 8.54. The maximum Gasteiger partial charge on any atom is 0.306 e. The van der Waals surface area contributed by atoms with E-state index in [1.54, 1.807) is 19.1 Å². The second kappa shape index (κ2) is 11.0. The quantitative estimate of drug-likeness (QED) is 0.195. The molecule has 4 aliphatic rings. The van der Waals surface area contributed by atoms with Gasteiger partial charge in [0.15, 0.2) is 17.5 Å². The monoisotopic (exact) mass is 560 g/mol. The van der Waals surface area contributed by atoms with Crippen LogP contribution in [-0.4, -0.2) is 63.1 Å². The third-order valence-electron chi connectivity index (χ3n) is 10.6. The zero-order valence-corrected chi connectivity index (χ0v) is 25.0. The van der Waals surface area contributed by atoms with Crippen LogP contribution in [0.2, 0.25) is 0 Å². The highest BCUT2D eigenvalue weighted by atomic mass is 16.6. The lowest BCUT2D eigenvalue weighted by molar-refractivity contribution is -0.203. The largest absolute Gasteiger partial charge is 0.458 e. The van der Waals surface area contributed by atoms with Gasteiger partial charge in [0.25, 0.3) is 0 Å². The van der Waals surface area contributed by atoms with Crippen LogP contribution >= 0.6 is 0 Å². The molecule has 0 amide bonds. The second-order valence-corrected chi connectivity index (χ2v) is 13.3. The van der Waals surface area contributed by atoms with E-state index in [9.17, 15) is 29.7 Å². The van der Waals surface area contributed by atoms with Crippen molar-refractivity contribution in [3.8, 4) is 0 Å². The number of unbranched alkanes of at least 4 members (excludes halogenated alkanes) is 6. The summed E-state index contributed by atoms with van der Waals surface area (Å²) in [5.74, 6) is -3.00. The van der Waals surface area contributed by atoms with Gasteiger partial charge in [-0.05, 0) is 36.8 Å². The number of ether oxygens (including phenoxy) is 2. The number of ketones is 1. The predicted octanol–water partition coefficient (Wildman–Crippen LogP) is 4.19. The molecular weight excluding hydrogens is 512 g/mol. The zero-order valence-electron chi connectivity index (χ0n) is 25.0. The molecule has 2 saturated carbocycles. The minimum Gasteiger partial charge on any atom is -0.458 e. The third kappa shape index (κ3) is 4.40. The Morgan fingerprint density at radius 2 is 1.73 bits per heavy atom. The van der Waals surface area contributed by atoms with Gasteiger partial charge in [0.2, 0.25) is 0 Å². The van der Waals surface area contributed by atoms with Gasteiger partial charge in [-0.25, -0.2) is 0 Å². The summed E-state index contributed by atoms with van der Waals surface area (Å²) in [6.45, 7) is 10.3. The van der Waals surface area contributed by atoms with Crippen molar-refractivity contribution in [3.05, 3.63) is 23.3 Å². The van der Waals surface area contributed by atoms with Crippen molar-refractivity contribution < 1.29 is 39.2 Å².